The van der Waals surface area contributed by atoms with Gasteiger partial charge >= 0.3 is 0 Å². The first kappa shape index (κ1) is 19.7. The summed E-state index contributed by atoms with van der Waals surface area (Å²) in [7, 11) is 0. The van der Waals surface area contributed by atoms with Gasteiger partial charge in [-0.1, -0.05) is 29.8 Å². The number of benzene rings is 2. The molecule has 0 aliphatic carbocycles. The van der Waals surface area contributed by atoms with Gasteiger partial charge in [-0.25, -0.2) is 4.39 Å². The Balaban J connectivity index is 1.39. The zero-order valence-corrected chi connectivity index (χ0v) is 17.0. The summed E-state index contributed by atoms with van der Waals surface area (Å²) in [5.74, 6) is -1.03. The molecule has 4 rings (SSSR count). The number of carbonyl (C=O) groups excluding carboxylic acids is 2. The van der Waals surface area contributed by atoms with Gasteiger partial charge in [-0.15, -0.1) is 0 Å². The van der Waals surface area contributed by atoms with Crippen molar-refractivity contribution in [2.45, 2.75) is 13.3 Å². The molecule has 2 aromatic rings. The summed E-state index contributed by atoms with van der Waals surface area (Å²) in [6.45, 7) is 5.22. The third-order valence-corrected chi connectivity index (χ3v) is 6.03. The molecule has 2 aliphatic rings. The average Bonchev–Trinajstić information content (AvgIpc) is 3.12. The Morgan fingerprint density at radius 1 is 1.10 bits per heavy atom. The monoisotopic (exact) mass is 415 g/mol. The predicted octanol–water partition coefficient (Wildman–Crippen LogP) is 3.49. The molecule has 2 aliphatic heterocycles. The van der Waals surface area contributed by atoms with Gasteiger partial charge in [0.05, 0.1) is 10.9 Å². The van der Waals surface area contributed by atoms with Crippen LogP contribution < -0.4 is 9.80 Å². The van der Waals surface area contributed by atoms with Gasteiger partial charge in [-0.3, -0.25) is 9.59 Å². The van der Waals surface area contributed by atoms with E-state index in [4.69, 9.17) is 11.6 Å². The first-order valence-corrected chi connectivity index (χ1v) is 10.2. The number of hydrogen-bond donors (Lipinski definition) is 0. The number of aryl methyl sites for hydroxylation is 1. The Kier molecular flexibility index (Phi) is 5.46. The first-order chi connectivity index (χ1) is 13.9. The van der Waals surface area contributed by atoms with Crippen molar-refractivity contribution in [3.63, 3.8) is 0 Å². The fraction of sp³-hybridized carbons (Fsp3) is 0.364. The van der Waals surface area contributed by atoms with Crippen LogP contribution in [0.15, 0.2) is 42.5 Å². The molecule has 1 atom stereocenters. The molecule has 2 fully saturated rings. The van der Waals surface area contributed by atoms with Gasteiger partial charge in [0.2, 0.25) is 11.8 Å². The highest BCUT2D eigenvalue weighted by atomic mass is 35.5. The number of para-hydroxylation sites is 1. The highest BCUT2D eigenvalue weighted by molar-refractivity contribution is 6.31. The van der Waals surface area contributed by atoms with E-state index >= 15 is 0 Å². The zero-order chi connectivity index (χ0) is 20.5. The van der Waals surface area contributed by atoms with Crippen molar-refractivity contribution in [3.05, 3.63) is 58.9 Å². The smallest absolute Gasteiger partial charge is 0.228 e. The van der Waals surface area contributed by atoms with E-state index in [9.17, 15) is 14.0 Å². The molecule has 0 radical (unpaired) electrons. The second-order valence-corrected chi connectivity index (χ2v) is 8.01. The molecule has 0 N–H and O–H groups in total. The van der Waals surface area contributed by atoms with Crippen LogP contribution in [0.4, 0.5) is 15.8 Å². The van der Waals surface area contributed by atoms with Gasteiger partial charge in [0, 0.05) is 50.5 Å². The number of piperazine rings is 1. The molecule has 29 heavy (non-hydrogen) atoms. The quantitative estimate of drug-likeness (QED) is 0.770. The SMILES string of the molecule is Cc1ccccc1N1CCN(C(=O)C2CC(=O)N(c3ccc(F)c(Cl)c3)C2)CC1. The van der Waals surface area contributed by atoms with E-state index in [0.717, 1.165) is 13.1 Å². The summed E-state index contributed by atoms with van der Waals surface area (Å²) >= 11 is 5.84. The van der Waals surface area contributed by atoms with Crippen molar-refractivity contribution >= 4 is 34.8 Å². The number of hydrogen-bond acceptors (Lipinski definition) is 3. The third-order valence-electron chi connectivity index (χ3n) is 5.74. The van der Waals surface area contributed by atoms with Crippen LogP contribution in [0.3, 0.4) is 0 Å². The van der Waals surface area contributed by atoms with Gasteiger partial charge in [0.15, 0.2) is 0 Å². The maximum absolute atomic E-state index is 13.4. The molecular formula is C22H23ClFN3O2. The van der Waals surface area contributed by atoms with E-state index < -0.39 is 5.82 Å². The maximum Gasteiger partial charge on any atom is 0.228 e. The highest BCUT2D eigenvalue weighted by Gasteiger charge is 2.38. The van der Waals surface area contributed by atoms with Crippen molar-refractivity contribution < 1.29 is 14.0 Å². The number of rotatable bonds is 3. The van der Waals surface area contributed by atoms with E-state index in [1.54, 1.807) is 0 Å². The molecule has 2 amide bonds. The highest BCUT2D eigenvalue weighted by Crippen LogP contribution is 2.30. The van der Waals surface area contributed by atoms with Crippen molar-refractivity contribution in [1.82, 2.24) is 4.90 Å². The van der Waals surface area contributed by atoms with Gasteiger partial charge in [0.25, 0.3) is 0 Å². The Morgan fingerprint density at radius 2 is 1.83 bits per heavy atom. The summed E-state index contributed by atoms with van der Waals surface area (Å²) in [6, 6.07) is 12.4. The normalized spacial score (nSPS) is 19.8. The van der Waals surface area contributed by atoms with Gasteiger partial charge in [0.1, 0.15) is 5.82 Å². The lowest BCUT2D eigenvalue weighted by atomic mass is 10.1. The minimum Gasteiger partial charge on any atom is -0.368 e. The minimum absolute atomic E-state index is 0.0125. The molecule has 2 saturated heterocycles. The van der Waals surface area contributed by atoms with Crippen LogP contribution in [0.2, 0.25) is 5.02 Å². The maximum atomic E-state index is 13.4. The Labute approximate surface area is 174 Å². The largest absolute Gasteiger partial charge is 0.368 e. The molecular weight excluding hydrogens is 393 g/mol. The number of nitrogens with zero attached hydrogens (tertiary/aromatic N) is 3. The third kappa shape index (κ3) is 3.94. The van der Waals surface area contributed by atoms with Crippen LogP contribution in [-0.2, 0) is 9.59 Å². The van der Waals surface area contributed by atoms with Crippen LogP contribution in [0.25, 0.3) is 0 Å². The Bertz CT molecular complexity index is 943. The standard InChI is InChI=1S/C22H23ClFN3O2/c1-15-4-2-3-5-20(15)25-8-10-26(11-9-25)22(29)16-12-21(28)27(14-16)17-6-7-19(24)18(23)13-17/h2-7,13,16H,8-12,14H2,1H3. The number of anilines is 2. The van der Waals surface area contributed by atoms with Crippen molar-refractivity contribution in [3.8, 4) is 0 Å². The summed E-state index contributed by atoms with van der Waals surface area (Å²) in [6.07, 6.45) is 0.172. The van der Waals surface area contributed by atoms with Gasteiger partial charge in [-0.2, -0.15) is 0 Å². The molecule has 0 saturated carbocycles. The van der Waals surface area contributed by atoms with E-state index in [2.05, 4.69) is 24.0 Å². The molecule has 1 unspecified atom stereocenters. The van der Waals surface area contributed by atoms with Gasteiger partial charge in [-0.05, 0) is 36.8 Å². The predicted molar refractivity (Wildman–Crippen MR) is 112 cm³/mol. The zero-order valence-electron chi connectivity index (χ0n) is 16.3. The Hall–Kier alpha value is -2.60. The number of halogens is 2. The summed E-state index contributed by atoms with van der Waals surface area (Å²) < 4.78 is 13.4. The molecule has 2 heterocycles. The van der Waals surface area contributed by atoms with Gasteiger partial charge < -0.3 is 14.7 Å². The Morgan fingerprint density at radius 3 is 2.52 bits per heavy atom. The van der Waals surface area contributed by atoms with Crippen molar-refractivity contribution in [1.29, 1.82) is 0 Å². The molecule has 5 nitrogen and oxygen atoms in total. The molecule has 0 spiro atoms. The molecule has 7 heteroatoms. The summed E-state index contributed by atoms with van der Waals surface area (Å²) in [5.41, 5.74) is 2.96. The molecule has 0 aromatic heterocycles. The lowest BCUT2D eigenvalue weighted by molar-refractivity contribution is -0.136. The lowest BCUT2D eigenvalue weighted by Crippen LogP contribution is -2.50. The van der Waals surface area contributed by atoms with E-state index in [-0.39, 0.29) is 29.2 Å². The number of amides is 2. The average molecular weight is 416 g/mol. The van der Waals surface area contributed by atoms with Crippen molar-refractivity contribution in [2.24, 2.45) is 5.92 Å². The fourth-order valence-corrected chi connectivity index (χ4v) is 4.29. The van der Waals surface area contributed by atoms with E-state index in [1.165, 1.54) is 34.3 Å². The van der Waals surface area contributed by atoms with Crippen LogP contribution in [0.5, 0.6) is 0 Å². The summed E-state index contributed by atoms with van der Waals surface area (Å²) in [4.78, 5) is 31.1. The van der Waals surface area contributed by atoms with Crippen LogP contribution >= 0.6 is 11.6 Å². The van der Waals surface area contributed by atoms with Crippen LogP contribution in [-0.4, -0.2) is 49.4 Å². The molecule has 0 bridgehead atoms. The van der Waals surface area contributed by atoms with E-state index in [1.807, 2.05) is 17.0 Å². The molecule has 2 aromatic carbocycles. The second kappa shape index (κ2) is 8.03. The summed E-state index contributed by atoms with van der Waals surface area (Å²) in [5, 5.41) is -0.0302. The minimum atomic E-state index is -0.527. The van der Waals surface area contributed by atoms with Crippen LogP contribution in [0, 0.1) is 18.7 Å². The van der Waals surface area contributed by atoms with Crippen LogP contribution in [0.1, 0.15) is 12.0 Å². The lowest BCUT2D eigenvalue weighted by Gasteiger charge is -2.37. The van der Waals surface area contributed by atoms with E-state index in [0.29, 0.717) is 25.3 Å². The second-order valence-electron chi connectivity index (χ2n) is 7.60. The first-order valence-electron chi connectivity index (χ1n) is 9.79. The number of carbonyl (C=O) groups is 2. The fourth-order valence-electron chi connectivity index (χ4n) is 4.12. The topological polar surface area (TPSA) is 43.9 Å². The molecule has 152 valence electrons. The van der Waals surface area contributed by atoms with Crippen molar-refractivity contribution in [2.75, 3.05) is 42.5 Å².